The minimum atomic E-state index is -0.769. The first kappa shape index (κ1) is 9.66. The minimum Gasteiger partial charge on any atom is -0.480 e. The molecule has 4 heteroatoms. The van der Waals surface area contributed by atoms with Gasteiger partial charge in [0.15, 0.2) is 0 Å². The Morgan fingerprint density at radius 3 is 3.00 bits per heavy atom. The third-order valence-electron chi connectivity index (χ3n) is 3.56. The molecule has 0 saturated carbocycles. The normalized spacial score (nSPS) is 31.4. The number of anilines is 1. The van der Waals surface area contributed by atoms with Gasteiger partial charge in [-0.3, -0.25) is 4.79 Å². The molecule has 0 amide bonds. The molecule has 0 radical (unpaired) electrons. The molecule has 1 saturated heterocycles. The van der Waals surface area contributed by atoms with Crippen LogP contribution in [0.25, 0.3) is 0 Å². The van der Waals surface area contributed by atoms with Crippen LogP contribution in [0, 0.1) is 0 Å². The molecule has 3 atom stereocenters. The number of para-hydroxylation sites is 1. The van der Waals surface area contributed by atoms with Crippen LogP contribution in [0.5, 0.6) is 0 Å². The molecular weight excluding hydrogens is 204 g/mol. The quantitative estimate of drug-likeness (QED) is 0.658. The molecule has 1 fully saturated rings. The Labute approximate surface area is 93.7 Å². The second-order valence-corrected chi connectivity index (χ2v) is 4.42. The standard InChI is InChI=1S/C12H14N2O2/c15-12(16)11-10-8(5-6-13-11)7-3-1-2-4-9(7)14-10/h1-4,8,10-11,13-14H,5-6H2,(H,15,16)/t8?,10?,11-/m1/s1. The first-order chi connectivity index (χ1) is 7.77. The lowest BCUT2D eigenvalue weighted by atomic mass is 9.85. The van der Waals surface area contributed by atoms with Crippen molar-refractivity contribution < 1.29 is 9.90 Å². The Hall–Kier alpha value is -1.55. The van der Waals surface area contributed by atoms with Crippen LogP contribution in [0.15, 0.2) is 24.3 Å². The Morgan fingerprint density at radius 2 is 2.19 bits per heavy atom. The Kier molecular flexibility index (Phi) is 2.11. The highest BCUT2D eigenvalue weighted by molar-refractivity contribution is 5.77. The average molecular weight is 218 g/mol. The molecule has 84 valence electrons. The van der Waals surface area contributed by atoms with E-state index in [0.717, 1.165) is 18.7 Å². The van der Waals surface area contributed by atoms with Crippen molar-refractivity contribution in [3.05, 3.63) is 29.8 Å². The van der Waals surface area contributed by atoms with E-state index in [2.05, 4.69) is 16.7 Å². The van der Waals surface area contributed by atoms with Crippen molar-refractivity contribution in [3.8, 4) is 0 Å². The summed E-state index contributed by atoms with van der Waals surface area (Å²) in [5.74, 6) is -0.437. The second kappa shape index (κ2) is 3.49. The number of nitrogens with one attached hydrogen (secondary N) is 2. The third-order valence-corrected chi connectivity index (χ3v) is 3.56. The lowest BCUT2D eigenvalue weighted by Gasteiger charge is -2.32. The summed E-state index contributed by atoms with van der Waals surface area (Å²) in [5, 5.41) is 15.5. The smallest absolute Gasteiger partial charge is 0.322 e. The summed E-state index contributed by atoms with van der Waals surface area (Å²) in [6, 6.07) is 7.62. The van der Waals surface area contributed by atoms with Crippen LogP contribution in [-0.2, 0) is 4.79 Å². The van der Waals surface area contributed by atoms with E-state index in [-0.39, 0.29) is 6.04 Å². The van der Waals surface area contributed by atoms with Gasteiger partial charge in [0.25, 0.3) is 0 Å². The first-order valence-electron chi connectivity index (χ1n) is 5.59. The van der Waals surface area contributed by atoms with E-state index in [1.165, 1.54) is 5.56 Å². The van der Waals surface area contributed by atoms with E-state index in [1.54, 1.807) is 0 Å². The number of rotatable bonds is 1. The average Bonchev–Trinajstić information content (AvgIpc) is 2.67. The summed E-state index contributed by atoms with van der Waals surface area (Å²) in [6.07, 6.45) is 0.998. The van der Waals surface area contributed by atoms with Gasteiger partial charge < -0.3 is 15.7 Å². The van der Waals surface area contributed by atoms with Crippen molar-refractivity contribution in [3.63, 3.8) is 0 Å². The number of hydrogen-bond donors (Lipinski definition) is 3. The van der Waals surface area contributed by atoms with E-state index in [9.17, 15) is 4.79 Å². The molecule has 16 heavy (non-hydrogen) atoms. The maximum atomic E-state index is 11.1. The van der Waals surface area contributed by atoms with Crippen LogP contribution >= 0.6 is 0 Å². The zero-order chi connectivity index (χ0) is 11.1. The van der Waals surface area contributed by atoms with Crippen molar-refractivity contribution in [2.24, 2.45) is 0 Å². The number of piperidine rings is 1. The molecule has 1 aromatic carbocycles. The van der Waals surface area contributed by atoms with Gasteiger partial charge >= 0.3 is 5.97 Å². The molecule has 4 nitrogen and oxygen atoms in total. The number of carboxylic acids is 1. The van der Waals surface area contributed by atoms with Crippen LogP contribution in [-0.4, -0.2) is 29.7 Å². The minimum absolute atomic E-state index is 0.0105. The van der Waals surface area contributed by atoms with Crippen LogP contribution in [0.4, 0.5) is 5.69 Å². The van der Waals surface area contributed by atoms with Crippen LogP contribution in [0.3, 0.4) is 0 Å². The van der Waals surface area contributed by atoms with Crippen molar-refractivity contribution >= 4 is 11.7 Å². The van der Waals surface area contributed by atoms with Crippen LogP contribution in [0.1, 0.15) is 17.9 Å². The molecule has 1 aromatic rings. The highest BCUT2D eigenvalue weighted by atomic mass is 16.4. The summed E-state index contributed by atoms with van der Waals surface area (Å²) >= 11 is 0. The lowest BCUT2D eigenvalue weighted by molar-refractivity contribution is -0.140. The maximum absolute atomic E-state index is 11.1. The summed E-state index contributed by atoms with van der Waals surface area (Å²) in [5.41, 5.74) is 2.35. The predicted molar refractivity (Wildman–Crippen MR) is 60.6 cm³/mol. The fourth-order valence-corrected chi connectivity index (χ4v) is 2.84. The van der Waals surface area contributed by atoms with E-state index >= 15 is 0 Å². The van der Waals surface area contributed by atoms with Gasteiger partial charge in [0, 0.05) is 11.6 Å². The number of benzene rings is 1. The van der Waals surface area contributed by atoms with Crippen molar-refractivity contribution in [1.82, 2.24) is 5.32 Å². The van der Waals surface area contributed by atoms with E-state index in [4.69, 9.17) is 5.11 Å². The molecule has 2 unspecified atom stereocenters. The number of aliphatic carboxylic acids is 1. The van der Waals surface area contributed by atoms with Crippen LogP contribution in [0.2, 0.25) is 0 Å². The lowest BCUT2D eigenvalue weighted by Crippen LogP contribution is -2.54. The molecule has 2 aliphatic rings. The third kappa shape index (κ3) is 1.30. The highest BCUT2D eigenvalue weighted by Crippen LogP contribution is 2.40. The monoisotopic (exact) mass is 218 g/mol. The molecule has 3 rings (SSSR count). The Morgan fingerprint density at radius 1 is 1.38 bits per heavy atom. The van der Waals surface area contributed by atoms with Crippen molar-refractivity contribution in [1.29, 1.82) is 0 Å². The van der Waals surface area contributed by atoms with Crippen LogP contribution < -0.4 is 10.6 Å². The summed E-state index contributed by atoms with van der Waals surface area (Å²) in [7, 11) is 0. The number of hydrogen-bond acceptors (Lipinski definition) is 3. The molecule has 0 spiro atoms. The summed E-state index contributed by atoms with van der Waals surface area (Å²) < 4.78 is 0. The topological polar surface area (TPSA) is 61.4 Å². The number of carboxylic acid groups (broad SMARTS) is 1. The molecule has 0 aromatic heterocycles. The largest absolute Gasteiger partial charge is 0.480 e. The van der Waals surface area contributed by atoms with Gasteiger partial charge in [0.2, 0.25) is 0 Å². The number of fused-ring (bicyclic) bond motifs is 3. The van der Waals surface area contributed by atoms with Gasteiger partial charge in [0.05, 0.1) is 6.04 Å². The first-order valence-corrected chi connectivity index (χ1v) is 5.59. The predicted octanol–water partition coefficient (Wildman–Crippen LogP) is 1.01. The van der Waals surface area contributed by atoms with Gasteiger partial charge in [-0.25, -0.2) is 0 Å². The number of carbonyl (C=O) groups is 1. The molecule has 0 bridgehead atoms. The van der Waals surface area contributed by atoms with Gasteiger partial charge in [-0.15, -0.1) is 0 Å². The summed E-state index contributed by atoms with van der Waals surface area (Å²) in [4.78, 5) is 11.1. The zero-order valence-corrected chi connectivity index (χ0v) is 8.81. The molecule has 2 aliphatic heterocycles. The highest BCUT2D eigenvalue weighted by Gasteiger charge is 2.42. The second-order valence-electron chi connectivity index (χ2n) is 4.42. The zero-order valence-electron chi connectivity index (χ0n) is 8.81. The Balaban J connectivity index is 1.96. The van der Waals surface area contributed by atoms with Gasteiger partial charge in [-0.05, 0) is 24.6 Å². The molecule has 0 aliphatic carbocycles. The van der Waals surface area contributed by atoms with Gasteiger partial charge in [-0.1, -0.05) is 18.2 Å². The molecular formula is C12H14N2O2. The Bertz CT molecular complexity index is 433. The van der Waals surface area contributed by atoms with Gasteiger partial charge in [-0.2, -0.15) is 0 Å². The van der Waals surface area contributed by atoms with Crippen molar-refractivity contribution in [2.45, 2.75) is 24.4 Å². The summed E-state index contributed by atoms with van der Waals surface area (Å²) in [6.45, 7) is 0.772. The molecule has 2 heterocycles. The van der Waals surface area contributed by atoms with E-state index < -0.39 is 12.0 Å². The van der Waals surface area contributed by atoms with E-state index in [1.807, 2.05) is 18.2 Å². The molecule has 3 N–H and O–H groups in total. The van der Waals surface area contributed by atoms with Gasteiger partial charge in [0.1, 0.15) is 6.04 Å². The van der Waals surface area contributed by atoms with Crippen molar-refractivity contribution in [2.75, 3.05) is 11.9 Å². The van der Waals surface area contributed by atoms with E-state index in [0.29, 0.717) is 5.92 Å². The SMILES string of the molecule is O=C(O)[C@@H]1NCCC2c3ccccc3NC21. The fourth-order valence-electron chi connectivity index (χ4n) is 2.84. The maximum Gasteiger partial charge on any atom is 0.322 e. The fraction of sp³-hybridized carbons (Fsp3) is 0.417.